The largest absolute Gasteiger partial charge is 0.381 e. The fourth-order valence-electron chi connectivity index (χ4n) is 3.28. The zero-order valence-electron chi connectivity index (χ0n) is 14.2. The Morgan fingerprint density at radius 2 is 1.75 bits per heavy atom. The Morgan fingerprint density at radius 1 is 1.10 bits per heavy atom. The van der Waals surface area contributed by atoms with Crippen molar-refractivity contribution in [2.75, 3.05) is 45.9 Å². The highest BCUT2D eigenvalue weighted by Crippen LogP contribution is 2.31. The SMILES string of the molecule is CCNCC1(CN(CC)CC(CC)CC)CCOCC1. The first kappa shape index (κ1) is 17.9. The molecule has 0 saturated carbocycles. The Morgan fingerprint density at radius 3 is 2.25 bits per heavy atom. The summed E-state index contributed by atoms with van der Waals surface area (Å²) in [6, 6.07) is 0. The fourth-order valence-corrected chi connectivity index (χ4v) is 3.28. The molecule has 0 unspecified atom stereocenters. The first-order valence-electron chi connectivity index (χ1n) is 8.70. The van der Waals surface area contributed by atoms with Gasteiger partial charge in [-0.1, -0.05) is 40.5 Å². The van der Waals surface area contributed by atoms with Gasteiger partial charge in [0.1, 0.15) is 0 Å². The van der Waals surface area contributed by atoms with Crippen molar-refractivity contribution >= 4 is 0 Å². The molecule has 1 aliphatic rings. The van der Waals surface area contributed by atoms with E-state index in [4.69, 9.17) is 4.74 Å². The van der Waals surface area contributed by atoms with E-state index in [1.54, 1.807) is 0 Å². The van der Waals surface area contributed by atoms with Crippen molar-refractivity contribution in [1.29, 1.82) is 0 Å². The minimum atomic E-state index is 0.427. The predicted molar refractivity (Wildman–Crippen MR) is 87.2 cm³/mol. The zero-order chi connectivity index (χ0) is 14.8. The summed E-state index contributed by atoms with van der Waals surface area (Å²) < 4.78 is 5.60. The van der Waals surface area contributed by atoms with Crippen LogP contribution in [-0.4, -0.2) is 50.8 Å². The topological polar surface area (TPSA) is 24.5 Å². The second-order valence-corrected chi connectivity index (χ2v) is 6.40. The average Bonchev–Trinajstić information content (AvgIpc) is 2.50. The molecule has 0 spiro atoms. The smallest absolute Gasteiger partial charge is 0.0472 e. The fraction of sp³-hybridized carbons (Fsp3) is 1.00. The van der Waals surface area contributed by atoms with Crippen molar-refractivity contribution < 1.29 is 4.74 Å². The van der Waals surface area contributed by atoms with E-state index < -0.39 is 0 Å². The average molecular weight is 284 g/mol. The van der Waals surface area contributed by atoms with Gasteiger partial charge in [0.05, 0.1) is 0 Å². The van der Waals surface area contributed by atoms with Gasteiger partial charge in [-0.3, -0.25) is 0 Å². The summed E-state index contributed by atoms with van der Waals surface area (Å²) in [6.07, 6.45) is 5.02. The number of nitrogens with one attached hydrogen (secondary N) is 1. The maximum absolute atomic E-state index is 5.60. The third-order valence-corrected chi connectivity index (χ3v) is 4.98. The molecule has 1 N–H and O–H groups in total. The van der Waals surface area contributed by atoms with Gasteiger partial charge in [0.25, 0.3) is 0 Å². The predicted octanol–water partition coefficient (Wildman–Crippen LogP) is 3.15. The number of ether oxygens (including phenoxy) is 1. The van der Waals surface area contributed by atoms with Crippen LogP contribution in [-0.2, 0) is 4.74 Å². The zero-order valence-corrected chi connectivity index (χ0v) is 14.2. The summed E-state index contributed by atoms with van der Waals surface area (Å²) in [4.78, 5) is 2.68. The van der Waals surface area contributed by atoms with Crippen LogP contribution in [0.15, 0.2) is 0 Å². The molecule has 1 heterocycles. The molecule has 0 atom stereocenters. The highest BCUT2D eigenvalue weighted by atomic mass is 16.5. The lowest BCUT2D eigenvalue weighted by molar-refractivity contribution is -0.00580. The van der Waals surface area contributed by atoms with E-state index in [1.165, 1.54) is 45.3 Å². The molecule has 0 bridgehead atoms. The first-order chi connectivity index (χ1) is 9.69. The van der Waals surface area contributed by atoms with Gasteiger partial charge in [0.15, 0.2) is 0 Å². The van der Waals surface area contributed by atoms with Gasteiger partial charge in [-0.2, -0.15) is 0 Å². The maximum atomic E-state index is 5.60. The molecular weight excluding hydrogens is 248 g/mol. The van der Waals surface area contributed by atoms with Crippen LogP contribution in [0.5, 0.6) is 0 Å². The Kier molecular flexibility index (Phi) is 8.74. The minimum Gasteiger partial charge on any atom is -0.381 e. The third-order valence-electron chi connectivity index (χ3n) is 4.98. The van der Waals surface area contributed by atoms with Crippen LogP contribution in [0, 0.1) is 11.3 Å². The van der Waals surface area contributed by atoms with E-state index in [9.17, 15) is 0 Å². The van der Waals surface area contributed by atoms with Gasteiger partial charge in [-0.25, -0.2) is 0 Å². The molecule has 0 amide bonds. The molecule has 3 heteroatoms. The second kappa shape index (κ2) is 9.75. The third kappa shape index (κ3) is 5.71. The summed E-state index contributed by atoms with van der Waals surface area (Å²) in [7, 11) is 0. The lowest BCUT2D eigenvalue weighted by atomic mass is 9.79. The van der Waals surface area contributed by atoms with E-state index >= 15 is 0 Å². The van der Waals surface area contributed by atoms with Gasteiger partial charge in [0.2, 0.25) is 0 Å². The number of hydrogen-bond acceptors (Lipinski definition) is 3. The molecule has 1 fully saturated rings. The van der Waals surface area contributed by atoms with Crippen molar-refractivity contribution in [2.45, 2.75) is 53.4 Å². The van der Waals surface area contributed by atoms with E-state index in [0.717, 1.165) is 32.2 Å². The standard InChI is InChI=1S/C17H36N2O/c1-5-16(6-2)13-19(8-4)15-17(14-18-7-3)9-11-20-12-10-17/h16,18H,5-15H2,1-4H3. The van der Waals surface area contributed by atoms with Crippen LogP contribution in [0.1, 0.15) is 53.4 Å². The highest BCUT2D eigenvalue weighted by molar-refractivity contribution is 4.87. The molecule has 0 aliphatic carbocycles. The van der Waals surface area contributed by atoms with Crippen LogP contribution >= 0.6 is 0 Å². The lowest BCUT2D eigenvalue weighted by Gasteiger charge is -2.42. The summed E-state index contributed by atoms with van der Waals surface area (Å²) in [6.45, 7) is 16.9. The van der Waals surface area contributed by atoms with Crippen molar-refractivity contribution in [2.24, 2.45) is 11.3 Å². The van der Waals surface area contributed by atoms with E-state index in [2.05, 4.69) is 37.9 Å². The normalized spacial score (nSPS) is 18.9. The molecular formula is C17H36N2O. The van der Waals surface area contributed by atoms with E-state index in [0.29, 0.717) is 5.41 Å². The van der Waals surface area contributed by atoms with Gasteiger partial charge in [-0.15, -0.1) is 0 Å². The number of rotatable bonds is 10. The van der Waals surface area contributed by atoms with Gasteiger partial charge < -0.3 is 15.0 Å². The van der Waals surface area contributed by atoms with E-state index in [-0.39, 0.29) is 0 Å². The van der Waals surface area contributed by atoms with Crippen molar-refractivity contribution in [1.82, 2.24) is 10.2 Å². The second-order valence-electron chi connectivity index (χ2n) is 6.40. The first-order valence-corrected chi connectivity index (χ1v) is 8.70. The van der Waals surface area contributed by atoms with Gasteiger partial charge in [0, 0.05) is 32.8 Å². The highest BCUT2D eigenvalue weighted by Gasteiger charge is 2.34. The van der Waals surface area contributed by atoms with Crippen LogP contribution in [0.3, 0.4) is 0 Å². The van der Waals surface area contributed by atoms with E-state index in [1.807, 2.05) is 0 Å². The Hall–Kier alpha value is -0.120. The Labute approximate surface area is 126 Å². The Bertz CT molecular complexity index is 235. The summed E-state index contributed by atoms with van der Waals surface area (Å²) in [5, 5.41) is 3.59. The molecule has 0 radical (unpaired) electrons. The molecule has 1 aliphatic heterocycles. The molecule has 3 nitrogen and oxygen atoms in total. The van der Waals surface area contributed by atoms with Crippen molar-refractivity contribution in [3.8, 4) is 0 Å². The number of hydrogen-bond donors (Lipinski definition) is 1. The molecule has 1 saturated heterocycles. The lowest BCUT2D eigenvalue weighted by Crippen LogP contribution is -2.48. The molecule has 0 aromatic carbocycles. The van der Waals surface area contributed by atoms with Crippen molar-refractivity contribution in [3.63, 3.8) is 0 Å². The van der Waals surface area contributed by atoms with Gasteiger partial charge >= 0.3 is 0 Å². The quantitative estimate of drug-likeness (QED) is 0.667. The molecule has 0 aromatic heterocycles. The summed E-state index contributed by atoms with van der Waals surface area (Å²) >= 11 is 0. The minimum absolute atomic E-state index is 0.427. The number of nitrogens with zero attached hydrogens (tertiary/aromatic N) is 1. The monoisotopic (exact) mass is 284 g/mol. The molecule has 120 valence electrons. The molecule has 1 rings (SSSR count). The Balaban J connectivity index is 2.60. The molecule has 20 heavy (non-hydrogen) atoms. The van der Waals surface area contributed by atoms with Crippen LogP contribution < -0.4 is 5.32 Å². The molecule has 0 aromatic rings. The summed E-state index contributed by atoms with van der Waals surface area (Å²) in [5.74, 6) is 0.853. The van der Waals surface area contributed by atoms with Gasteiger partial charge in [-0.05, 0) is 37.3 Å². The summed E-state index contributed by atoms with van der Waals surface area (Å²) in [5.41, 5.74) is 0.427. The van der Waals surface area contributed by atoms with Crippen LogP contribution in [0.2, 0.25) is 0 Å². The van der Waals surface area contributed by atoms with Crippen LogP contribution in [0.4, 0.5) is 0 Å². The van der Waals surface area contributed by atoms with Crippen LogP contribution in [0.25, 0.3) is 0 Å². The van der Waals surface area contributed by atoms with Crippen molar-refractivity contribution in [3.05, 3.63) is 0 Å². The maximum Gasteiger partial charge on any atom is 0.0472 e.